The average Bonchev–Trinajstić information content (AvgIpc) is 2.81. The maximum Gasteiger partial charge on any atom is 0.268 e. The van der Waals surface area contributed by atoms with Gasteiger partial charge in [-0.3, -0.25) is 9.36 Å². The highest BCUT2D eigenvalue weighted by atomic mass is 31.2. The number of phosphoric acid groups is 1. The second kappa shape index (κ2) is 21.9. The molecule has 0 radical (unpaired) electrons. The van der Waals surface area contributed by atoms with Crippen LogP contribution in [0.3, 0.4) is 0 Å². The SMILES string of the molecule is CCCC/C=C/CC/C=C/C(O)C(COP(=O)([O-])OCC[N+](C)(C)C)NC(=O)CCCCCCCCC. The molecule has 0 aromatic carbocycles. The quantitative estimate of drug-likeness (QED) is 0.0740. The van der Waals surface area contributed by atoms with Gasteiger partial charge in [-0.15, -0.1) is 0 Å². The van der Waals surface area contributed by atoms with Crippen molar-refractivity contribution in [2.24, 2.45) is 0 Å². The van der Waals surface area contributed by atoms with Gasteiger partial charge >= 0.3 is 0 Å². The minimum Gasteiger partial charge on any atom is -0.756 e. The monoisotopic (exact) mass is 546 g/mol. The first kappa shape index (κ1) is 36.0. The minimum atomic E-state index is -4.56. The van der Waals surface area contributed by atoms with Gasteiger partial charge in [0.05, 0.1) is 39.9 Å². The van der Waals surface area contributed by atoms with Crippen LogP contribution >= 0.6 is 7.82 Å². The molecular formula is C28H55N2O6P. The predicted molar refractivity (Wildman–Crippen MR) is 150 cm³/mol. The molecule has 3 atom stereocenters. The third-order valence-electron chi connectivity index (χ3n) is 5.91. The number of carbonyl (C=O) groups excluding carboxylic acids is 1. The van der Waals surface area contributed by atoms with E-state index in [2.05, 4.69) is 31.3 Å². The summed E-state index contributed by atoms with van der Waals surface area (Å²) in [6, 6.07) is -0.891. The van der Waals surface area contributed by atoms with Crippen LogP contribution in [0.1, 0.15) is 97.3 Å². The second-order valence-corrected chi connectivity index (χ2v) is 12.2. The number of likely N-dealkylation sites (N-methyl/N-ethyl adjacent to an activating group) is 1. The zero-order valence-electron chi connectivity index (χ0n) is 24.2. The third kappa shape index (κ3) is 23.8. The molecule has 0 bridgehead atoms. The number of aliphatic hydroxyl groups is 1. The highest BCUT2D eigenvalue weighted by Crippen LogP contribution is 2.38. The van der Waals surface area contributed by atoms with Gasteiger partial charge in [0.1, 0.15) is 13.2 Å². The van der Waals surface area contributed by atoms with Crippen LogP contribution in [0.5, 0.6) is 0 Å². The molecule has 37 heavy (non-hydrogen) atoms. The standard InChI is InChI=1S/C28H55N2O6P/c1-6-8-10-12-14-16-17-19-21-27(31)26(25-36-37(33,34)35-24-23-30(3,4)5)29-28(32)22-20-18-15-13-11-9-7-2/h12,14,19,21,26-27,31H,6-11,13,15-18,20,22-25H2,1-5H3,(H-,29,32,33,34)/b14-12+,21-19+. The van der Waals surface area contributed by atoms with Gasteiger partial charge in [-0.05, 0) is 25.7 Å². The normalized spacial score (nSPS) is 15.8. The van der Waals surface area contributed by atoms with E-state index in [1.54, 1.807) is 6.08 Å². The lowest BCUT2D eigenvalue weighted by Crippen LogP contribution is -2.45. The second-order valence-electron chi connectivity index (χ2n) is 10.7. The van der Waals surface area contributed by atoms with Crippen molar-refractivity contribution >= 4 is 13.7 Å². The summed E-state index contributed by atoms with van der Waals surface area (Å²) >= 11 is 0. The molecule has 9 heteroatoms. The number of unbranched alkanes of at least 4 members (excludes halogenated alkanes) is 9. The minimum absolute atomic E-state index is 0.00616. The lowest BCUT2D eigenvalue weighted by atomic mass is 10.1. The van der Waals surface area contributed by atoms with Gasteiger partial charge in [-0.1, -0.05) is 89.5 Å². The van der Waals surface area contributed by atoms with Crippen molar-refractivity contribution < 1.29 is 32.9 Å². The average molecular weight is 547 g/mol. The number of hydrogen-bond donors (Lipinski definition) is 2. The van der Waals surface area contributed by atoms with Crippen LogP contribution in [-0.4, -0.2) is 68.5 Å². The van der Waals surface area contributed by atoms with E-state index >= 15 is 0 Å². The number of rotatable bonds is 24. The molecule has 0 rings (SSSR count). The molecular weight excluding hydrogens is 491 g/mol. The summed E-state index contributed by atoms with van der Waals surface area (Å²) in [5, 5.41) is 13.4. The molecule has 0 saturated heterocycles. The fourth-order valence-electron chi connectivity index (χ4n) is 3.50. The van der Waals surface area contributed by atoms with Gasteiger partial charge in [0.2, 0.25) is 5.91 Å². The van der Waals surface area contributed by atoms with Crippen LogP contribution in [0.25, 0.3) is 0 Å². The zero-order chi connectivity index (χ0) is 28.0. The number of amides is 1. The van der Waals surface area contributed by atoms with E-state index in [1.165, 1.54) is 38.5 Å². The maximum atomic E-state index is 12.5. The molecule has 0 aliphatic rings. The number of phosphoric ester groups is 1. The first-order valence-electron chi connectivity index (χ1n) is 14.2. The van der Waals surface area contributed by atoms with E-state index in [0.29, 0.717) is 17.4 Å². The van der Waals surface area contributed by atoms with Gasteiger partial charge in [0.25, 0.3) is 7.82 Å². The molecule has 0 heterocycles. The van der Waals surface area contributed by atoms with Crippen molar-refractivity contribution in [3.8, 4) is 0 Å². The number of allylic oxidation sites excluding steroid dienone is 3. The Bertz CT molecular complexity index is 678. The molecule has 0 aliphatic carbocycles. The van der Waals surface area contributed by atoms with Crippen LogP contribution in [0.2, 0.25) is 0 Å². The van der Waals surface area contributed by atoms with E-state index in [4.69, 9.17) is 9.05 Å². The Balaban J connectivity index is 4.79. The topological polar surface area (TPSA) is 108 Å². The summed E-state index contributed by atoms with van der Waals surface area (Å²) in [5.41, 5.74) is 0. The number of nitrogens with one attached hydrogen (secondary N) is 1. The molecule has 0 aromatic heterocycles. The molecule has 0 aromatic rings. The van der Waals surface area contributed by atoms with E-state index in [9.17, 15) is 19.4 Å². The molecule has 8 nitrogen and oxygen atoms in total. The highest BCUT2D eigenvalue weighted by Gasteiger charge is 2.23. The smallest absolute Gasteiger partial charge is 0.268 e. The van der Waals surface area contributed by atoms with Crippen LogP contribution in [0, 0.1) is 0 Å². The maximum absolute atomic E-state index is 12.5. The van der Waals surface area contributed by atoms with Gasteiger partial charge < -0.3 is 28.8 Å². The van der Waals surface area contributed by atoms with E-state index in [1.807, 2.05) is 27.2 Å². The Morgan fingerprint density at radius 2 is 1.51 bits per heavy atom. The van der Waals surface area contributed by atoms with Gasteiger partial charge in [-0.2, -0.15) is 0 Å². The molecule has 1 amide bonds. The summed E-state index contributed by atoms with van der Waals surface area (Å²) in [4.78, 5) is 24.7. The largest absolute Gasteiger partial charge is 0.756 e. The van der Waals surface area contributed by atoms with Crippen LogP contribution in [-0.2, 0) is 18.4 Å². The Kier molecular flexibility index (Phi) is 21.3. The Hall–Kier alpha value is -1.02. The number of nitrogens with zero attached hydrogens (tertiary/aromatic N) is 1. The summed E-state index contributed by atoms with van der Waals surface area (Å²) in [5.74, 6) is -0.222. The molecule has 2 N–H and O–H groups in total. The predicted octanol–water partition coefficient (Wildman–Crippen LogP) is 5.26. The number of quaternary nitrogens is 1. The molecule has 3 unspecified atom stereocenters. The first-order chi connectivity index (χ1) is 17.5. The summed E-state index contributed by atoms with van der Waals surface area (Å²) in [6.45, 7) is 4.44. The molecule has 0 aliphatic heterocycles. The summed E-state index contributed by atoms with van der Waals surface area (Å²) < 4.78 is 22.8. The fraction of sp³-hybridized carbons (Fsp3) is 0.821. The van der Waals surface area contributed by atoms with Crippen molar-refractivity contribution in [2.45, 2.75) is 109 Å². The van der Waals surface area contributed by atoms with E-state index in [0.717, 1.165) is 38.5 Å². The fourth-order valence-corrected chi connectivity index (χ4v) is 4.23. The third-order valence-corrected chi connectivity index (χ3v) is 6.88. The Morgan fingerprint density at radius 3 is 2.16 bits per heavy atom. The number of hydrogen-bond acceptors (Lipinski definition) is 6. The Labute approximate surface area is 226 Å². The van der Waals surface area contributed by atoms with Crippen molar-refractivity contribution in [2.75, 3.05) is 40.9 Å². The van der Waals surface area contributed by atoms with E-state index in [-0.39, 0.29) is 12.5 Å². The van der Waals surface area contributed by atoms with Gasteiger partial charge in [0, 0.05) is 6.42 Å². The number of carbonyl (C=O) groups is 1. The van der Waals surface area contributed by atoms with Gasteiger partial charge in [0.15, 0.2) is 0 Å². The molecule has 0 spiro atoms. The lowest BCUT2D eigenvalue weighted by Gasteiger charge is -2.29. The summed E-state index contributed by atoms with van der Waals surface area (Å²) in [7, 11) is 1.23. The first-order valence-corrected chi connectivity index (χ1v) is 15.7. The van der Waals surface area contributed by atoms with Crippen LogP contribution in [0.4, 0.5) is 0 Å². The van der Waals surface area contributed by atoms with Crippen molar-refractivity contribution in [3.05, 3.63) is 24.3 Å². The van der Waals surface area contributed by atoms with Crippen molar-refractivity contribution in [1.29, 1.82) is 0 Å². The summed E-state index contributed by atoms with van der Waals surface area (Å²) in [6.07, 6.45) is 19.7. The molecule has 218 valence electrons. The highest BCUT2D eigenvalue weighted by molar-refractivity contribution is 7.45. The molecule has 0 fully saturated rings. The van der Waals surface area contributed by atoms with Gasteiger partial charge in [-0.25, -0.2) is 0 Å². The molecule has 0 saturated carbocycles. The van der Waals surface area contributed by atoms with Crippen LogP contribution in [0.15, 0.2) is 24.3 Å². The van der Waals surface area contributed by atoms with Crippen molar-refractivity contribution in [1.82, 2.24) is 5.32 Å². The lowest BCUT2D eigenvalue weighted by molar-refractivity contribution is -0.870. The zero-order valence-corrected chi connectivity index (χ0v) is 25.1. The van der Waals surface area contributed by atoms with Crippen molar-refractivity contribution in [3.63, 3.8) is 0 Å². The van der Waals surface area contributed by atoms with E-state index < -0.39 is 26.6 Å². The number of aliphatic hydroxyl groups excluding tert-OH is 1. The van der Waals surface area contributed by atoms with Crippen LogP contribution < -0.4 is 10.2 Å². The Morgan fingerprint density at radius 1 is 0.919 bits per heavy atom.